The summed E-state index contributed by atoms with van der Waals surface area (Å²) in [6.07, 6.45) is 8.36. The third-order valence-electron chi connectivity index (χ3n) is 6.68. The highest BCUT2D eigenvalue weighted by molar-refractivity contribution is 5.64. The lowest BCUT2D eigenvalue weighted by Crippen LogP contribution is -2.24. The number of hydrogen-bond acceptors (Lipinski definition) is 8. The van der Waals surface area contributed by atoms with Crippen LogP contribution in [-0.4, -0.2) is 58.3 Å². The predicted molar refractivity (Wildman–Crippen MR) is 164 cm³/mol. The van der Waals surface area contributed by atoms with Gasteiger partial charge in [0.15, 0.2) is 0 Å². The molecule has 1 aliphatic heterocycles. The van der Waals surface area contributed by atoms with Crippen molar-refractivity contribution in [2.75, 3.05) is 37.3 Å². The average molecular weight is 540 g/mol. The fourth-order valence-electron chi connectivity index (χ4n) is 4.64. The van der Waals surface area contributed by atoms with Crippen molar-refractivity contribution in [3.05, 3.63) is 90.1 Å². The van der Waals surface area contributed by atoms with Crippen LogP contribution in [0.25, 0.3) is 11.3 Å². The molecule has 1 unspecified atom stereocenters. The highest BCUT2D eigenvalue weighted by Gasteiger charge is 2.23. The number of nitrogens with one attached hydrogen (secondary N) is 2. The molecule has 1 fully saturated rings. The summed E-state index contributed by atoms with van der Waals surface area (Å²) in [6.45, 7) is 14.5. The summed E-state index contributed by atoms with van der Waals surface area (Å²) in [5, 5.41) is 6.28. The standard InChI is InChI=1S/C16H16N6.C15H23N.CH2O/c1-11-15(8-13(17-2)10-20-11)22-16-19-7-5-14(21-16)12-4-3-6-18-9-12;1-12(2)10-16-9-8-15(11-16)14-6-4-13(3)5-7-14;1-2/h3-10,17H,1-2H3,(H,19,21,22);4-7,12,15H,8-11H2,1-3H3;1H2. The molecule has 1 aromatic carbocycles. The number of rotatable bonds is 7. The van der Waals surface area contributed by atoms with Crippen molar-refractivity contribution in [3.63, 3.8) is 0 Å². The Morgan fingerprint density at radius 3 is 2.48 bits per heavy atom. The van der Waals surface area contributed by atoms with Crippen molar-refractivity contribution in [2.24, 2.45) is 5.92 Å². The Morgan fingerprint density at radius 1 is 1.02 bits per heavy atom. The summed E-state index contributed by atoms with van der Waals surface area (Å²) >= 11 is 0. The molecule has 8 nitrogen and oxygen atoms in total. The average Bonchev–Trinajstić information content (AvgIpc) is 3.44. The van der Waals surface area contributed by atoms with Crippen LogP contribution in [-0.2, 0) is 4.79 Å². The molecule has 1 aliphatic rings. The maximum Gasteiger partial charge on any atom is 0.227 e. The Morgan fingerprint density at radius 2 is 1.80 bits per heavy atom. The SMILES string of the molecule is C=O.CNc1cnc(C)c(Nc2nccc(-c3cccnc3)n2)c1.Cc1ccc(C2CCN(CC(C)C)C2)cc1. The van der Waals surface area contributed by atoms with Crippen molar-refractivity contribution in [2.45, 2.75) is 40.0 Å². The second-order valence-electron chi connectivity index (χ2n) is 10.3. The molecule has 0 bridgehead atoms. The zero-order valence-corrected chi connectivity index (χ0v) is 24.3. The molecule has 4 heterocycles. The monoisotopic (exact) mass is 539 g/mol. The Labute approximate surface area is 238 Å². The number of nitrogens with zero attached hydrogens (tertiary/aromatic N) is 5. The van der Waals surface area contributed by atoms with Crippen LogP contribution in [0, 0.1) is 19.8 Å². The molecule has 210 valence electrons. The van der Waals surface area contributed by atoms with E-state index in [1.165, 1.54) is 37.2 Å². The van der Waals surface area contributed by atoms with Gasteiger partial charge in [0.1, 0.15) is 6.79 Å². The largest absolute Gasteiger partial charge is 0.387 e. The number of aromatic nitrogens is 4. The highest BCUT2D eigenvalue weighted by atomic mass is 16.1. The minimum absolute atomic E-state index is 0.527. The predicted octanol–water partition coefficient (Wildman–Crippen LogP) is 6.28. The minimum atomic E-state index is 0.527. The first-order valence-corrected chi connectivity index (χ1v) is 13.6. The summed E-state index contributed by atoms with van der Waals surface area (Å²) in [5.74, 6) is 2.08. The van der Waals surface area contributed by atoms with E-state index in [2.05, 4.69) is 80.5 Å². The van der Waals surface area contributed by atoms with Crippen LogP contribution in [0.1, 0.15) is 43.0 Å². The Kier molecular flexibility index (Phi) is 11.7. The summed E-state index contributed by atoms with van der Waals surface area (Å²) in [6, 6.07) is 16.8. The van der Waals surface area contributed by atoms with Crippen LogP contribution < -0.4 is 10.6 Å². The van der Waals surface area contributed by atoms with Crippen molar-refractivity contribution >= 4 is 24.1 Å². The lowest BCUT2D eigenvalue weighted by Gasteiger charge is -2.18. The van der Waals surface area contributed by atoms with Crippen molar-refractivity contribution in [3.8, 4) is 11.3 Å². The summed E-state index contributed by atoms with van der Waals surface area (Å²) in [4.78, 5) is 27.8. The normalized spacial score (nSPS) is 14.5. The third kappa shape index (κ3) is 8.95. The first-order chi connectivity index (χ1) is 19.4. The van der Waals surface area contributed by atoms with Gasteiger partial charge >= 0.3 is 0 Å². The molecule has 8 heteroatoms. The molecule has 3 aromatic heterocycles. The molecule has 5 rings (SSSR count). The lowest BCUT2D eigenvalue weighted by molar-refractivity contribution is -0.0980. The van der Waals surface area contributed by atoms with Crippen molar-refractivity contribution < 1.29 is 4.79 Å². The van der Waals surface area contributed by atoms with E-state index in [0.29, 0.717) is 5.95 Å². The number of aryl methyl sites for hydroxylation is 2. The fraction of sp³-hybridized carbons (Fsp3) is 0.344. The zero-order chi connectivity index (χ0) is 28.9. The van der Waals surface area contributed by atoms with E-state index in [4.69, 9.17) is 4.79 Å². The summed E-state index contributed by atoms with van der Waals surface area (Å²) in [7, 11) is 1.86. The summed E-state index contributed by atoms with van der Waals surface area (Å²) in [5.41, 5.74) is 7.34. The van der Waals surface area contributed by atoms with Crippen LogP contribution in [0.2, 0.25) is 0 Å². The third-order valence-corrected chi connectivity index (χ3v) is 6.68. The molecule has 1 atom stereocenters. The van der Waals surface area contributed by atoms with Gasteiger partial charge in [-0.1, -0.05) is 43.7 Å². The molecule has 40 heavy (non-hydrogen) atoms. The Balaban J connectivity index is 0.000000217. The fourth-order valence-corrected chi connectivity index (χ4v) is 4.64. The van der Waals surface area contributed by atoms with Gasteiger partial charge in [-0.15, -0.1) is 0 Å². The number of anilines is 3. The molecule has 0 radical (unpaired) electrons. The lowest BCUT2D eigenvalue weighted by atomic mass is 9.97. The molecule has 0 aliphatic carbocycles. The number of benzene rings is 1. The maximum absolute atomic E-state index is 8.00. The molecular weight excluding hydrogens is 498 g/mol. The molecule has 0 amide bonds. The van der Waals surface area contributed by atoms with Gasteiger partial charge in [-0.3, -0.25) is 9.97 Å². The number of pyridine rings is 2. The molecule has 4 aromatic rings. The molecule has 1 saturated heterocycles. The van der Waals surface area contributed by atoms with Crippen LogP contribution in [0.15, 0.2) is 73.3 Å². The first-order valence-electron chi connectivity index (χ1n) is 13.6. The molecular formula is C32H41N7O. The topological polar surface area (TPSA) is 95.9 Å². The van der Waals surface area contributed by atoms with Gasteiger partial charge in [-0.2, -0.15) is 0 Å². The molecule has 0 spiro atoms. The molecule has 0 saturated carbocycles. The maximum atomic E-state index is 8.00. The van der Waals surface area contributed by atoms with Crippen LogP contribution >= 0.6 is 0 Å². The van der Waals surface area contributed by atoms with E-state index >= 15 is 0 Å². The number of hydrogen-bond donors (Lipinski definition) is 2. The summed E-state index contributed by atoms with van der Waals surface area (Å²) < 4.78 is 0. The Hall–Kier alpha value is -4.17. The second kappa shape index (κ2) is 15.4. The van der Waals surface area contributed by atoms with E-state index in [-0.39, 0.29) is 0 Å². The van der Waals surface area contributed by atoms with Gasteiger partial charge in [0, 0.05) is 44.3 Å². The van der Waals surface area contributed by atoms with Gasteiger partial charge < -0.3 is 20.3 Å². The van der Waals surface area contributed by atoms with Crippen LogP contribution in [0.5, 0.6) is 0 Å². The van der Waals surface area contributed by atoms with E-state index < -0.39 is 0 Å². The van der Waals surface area contributed by atoms with Gasteiger partial charge in [0.25, 0.3) is 0 Å². The van der Waals surface area contributed by atoms with E-state index in [1.54, 1.807) is 24.8 Å². The Bertz CT molecular complexity index is 1310. The highest BCUT2D eigenvalue weighted by Crippen LogP contribution is 2.27. The minimum Gasteiger partial charge on any atom is -0.387 e. The van der Waals surface area contributed by atoms with Gasteiger partial charge in [0.2, 0.25) is 5.95 Å². The molecule has 2 N–H and O–H groups in total. The van der Waals surface area contributed by atoms with E-state index in [1.807, 2.05) is 45.0 Å². The number of carbonyl (C=O) groups excluding carboxylic acids is 1. The number of likely N-dealkylation sites (tertiary alicyclic amines) is 1. The van der Waals surface area contributed by atoms with Gasteiger partial charge in [-0.25, -0.2) is 9.97 Å². The van der Waals surface area contributed by atoms with Crippen molar-refractivity contribution in [1.82, 2.24) is 24.8 Å². The zero-order valence-electron chi connectivity index (χ0n) is 24.3. The van der Waals surface area contributed by atoms with Crippen molar-refractivity contribution in [1.29, 1.82) is 0 Å². The quantitative estimate of drug-likeness (QED) is 0.283. The first kappa shape index (κ1) is 30.4. The van der Waals surface area contributed by atoms with Crippen LogP contribution in [0.4, 0.5) is 17.3 Å². The second-order valence-corrected chi connectivity index (χ2v) is 10.3. The van der Waals surface area contributed by atoms with Gasteiger partial charge in [-0.05, 0) is 68.5 Å². The van der Waals surface area contributed by atoms with E-state index in [0.717, 1.165) is 40.2 Å². The smallest absolute Gasteiger partial charge is 0.227 e. The number of carbonyl (C=O) groups is 1. The van der Waals surface area contributed by atoms with Crippen LogP contribution in [0.3, 0.4) is 0 Å². The van der Waals surface area contributed by atoms with E-state index in [9.17, 15) is 0 Å². The van der Waals surface area contributed by atoms with Gasteiger partial charge in [0.05, 0.1) is 29.0 Å².